The van der Waals surface area contributed by atoms with Crippen LogP contribution in [0.1, 0.15) is 45.4 Å². The predicted octanol–water partition coefficient (Wildman–Crippen LogP) is 2.09. The van der Waals surface area contributed by atoms with E-state index in [9.17, 15) is 4.79 Å². The minimum Gasteiger partial charge on any atom is -0.339 e. The second-order valence-electron chi connectivity index (χ2n) is 6.32. The van der Waals surface area contributed by atoms with E-state index in [0.717, 1.165) is 25.9 Å². The molecular formula is C15H24N2O. The fourth-order valence-electron chi connectivity index (χ4n) is 3.72. The van der Waals surface area contributed by atoms with Crippen molar-refractivity contribution in [2.75, 3.05) is 13.1 Å². The minimum absolute atomic E-state index is 0.380. The average molecular weight is 248 g/mol. The van der Waals surface area contributed by atoms with E-state index in [0.29, 0.717) is 23.9 Å². The highest BCUT2D eigenvalue weighted by atomic mass is 16.2. The molecule has 1 amide bonds. The number of nitrogens with zero attached hydrogens (tertiary/aromatic N) is 1. The molecule has 3 heteroatoms. The van der Waals surface area contributed by atoms with Gasteiger partial charge < -0.3 is 10.2 Å². The third kappa shape index (κ3) is 2.61. The molecule has 2 bridgehead atoms. The van der Waals surface area contributed by atoms with Gasteiger partial charge in [0.1, 0.15) is 0 Å². The molecular weight excluding hydrogens is 224 g/mol. The van der Waals surface area contributed by atoms with Crippen molar-refractivity contribution in [1.82, 2.24) is 10.2 Å². The molecule has 0 aromatic heterocycles. The Morgan fingerprint density at radius 2 is 2.11 bits per heavy atom. The van der Waals surface area contributed by atoms with Crippen LogP contribution < -0.4 is 5.32 Å². The summed E-state index contributed by atoms with van der Waals surface area (Å²) in [5.41, 5.74) is 1.43. The highest BCUT2D eigenvalue weighted by molar-refractivity contribution is 5.76. The number of carbonyl (C=O) groups excluding carboxylic acids is 1. The molecule has 0 saturated carbocycles. The monoisotopic (exact) mass is 248 g/mol. The number of hydrogen-bond donors (Lipinski definition) is 1. The first-order valence-electron chi connectivity index (χ1n) is 7.40. The van der Waals surface area contributed by atoms with Crippen LogP contribution in [0.3, 0.4) is 0 Å². The number of carbonyl (C=O) groups is 1. The quantitative estimate of drug-likeness (QED) is 0.759. The van der Waals surface area contributed by atoms with Gasteiger partial charge in [0, 0.05) is 31.6 Å². The van der Waals surface area contributed by atoms with Crippen molar-refractivity contribution < 1.29 is 4.79 Å². The maximum Gasteiger partial charge on any atom is 0.223 e. The fourth-order valence-corrected chi connectivity index (χ4v) is 3.72. The number of amides is 1. The van der Waals surface area contributed by atoms with Gasteiger partial charge in [-0.3, -0.25) is 4.79 Å². The zero-order valence-electron chi connectivity index (χ0n) is 11.3. The first-order valence-corrected chi connectivity index (χ1v) is 7.40. The van der Waals surface area contributed by atoms with E-state index in [1.165, 1.54) is 31.3 Å². The molecule has 3 nitrogen and oxygen atoms in total. The van der Waals surface area contributed by atoms with Crippen molar-refractivity contribution >= 4 is 5.91 Å². The Labute approximate surface area is 110 Å². The second kappa shape index (κ2) is 5.04. The van der Waals surface area contributed by atoms with Crippen molar-refractivity contribution in [3.63, 3.8) is 0 Å². The lowest BCUT2D eigenvalue weighted by Crippen LogP contribution is -2.41. The van der Waals surface area contributed by atoms with Gasteiger partial charge in [0.15, 0.2) is 0 Å². The first-order chi connectivity index (χ1) is 8.70. The van der Waals surface area contributed by atoms with E-state index in [1.807, 2.05) is 4.90 Å². The Morgan fingerprint density at radius 1 is 1.39 bits per heavy atom. The van der Waals surface area contributed by atoms with E-state index in [4.69, 9.17) is 0 Å². The molecule has 2 unspecified atom stereocenters. The number of rotatable bonds is 2. The van der Waals surface area contributed by atoms with Crippen LogP contribution in [-0.2, 0) is 4.79 Å². The maximum atomic E-state index is 12.3. The smallest absolute Gasteiger partial charge is 0.223 e. The molecule has 2 saturated heterocycles. The van der Waals surface area contributed by atoms with Crippen molar-refractivity contribution in [3.05, 3.63) is 11.6 Å². The van der Waals surface area contributed by atoms with Crippen LogP contribution in [0, 0.1) is 5.92 Å². The van der Waals surface area contributed by atoms with E-state index in [-0.39, 0.29) is 0 Å². The molecule has 0 radical (unpaired) electrons. The van der Waals surface area contributed by atoms with Gasteiger partial charge in [0.25, 0.3) is 0 Å². The first kappa shape index (κ1) is 12.2. The average Bonchev–Trinajstić information content (AvgIpc) is 2.69. The zero-order valence-corrected chi connectivity index (χ0v) is 11.3. The largest absolute Gasteiger partial charge is 0.339 e. The molecule has 0 aromatic carbocycles. The Balaban J connectivity index is 1.52. The van der Waals surface area contributed by atoms with Gasteiger partial charge in [-0.25, -0.2) is 0 Å². The van der Waals surface area contributed by atoms with Gasteiger partial charge in [-0.15, -0.1) is 0 Å². The van der Waals surface area contributed by atoms with Gasteiger partial charge in [-0.2, -0.15) is 0 Å². The van der Waals surface area contributed by atoms with Crippen LogP contribution in [0.15, 0.2) is 11.6 Å². The second-order valence-corrected chi connectivity index (χ2v) is 6.32. The summed E-state index contributed by atoms with van der Waals surface area (Å²) in [4.78, 5) is 14.3. The molecule has 100 valence electrons. The summed E-state index contributed by atoms with van der Waals surface area (Å²) in [5, 5.41) is 3.64. The van der Waals surface area contributed by atoms with Crippen LogP contribution in [0.25, 0.3) is 0 Å². The van der Waals surface area contributed by atoms with Gasteiger partial charge in [-0.05, 0) is 44.9 Å². The van der Waals surface area contributed by atoms with Gasteiger partial charge in [0.2, 0.25) is 5.91 Å². The lowest BCUT2D eigenvalue weighted by molar-refractivity contribution is -0.132. The van der Waals surface area contributed by atoms with Crippen LogP contribution in [0.4, 0.5) is 0 Å². The molecule has 2 fully saturated rings. The molecule has 3 heterocycles. The molecule has 3 aliphatic rings. The van der Waals surface area contributed by atoms with E-state index in [2.05, 4.69) is 18.3 Å². The topological polar surface area (TPSA) is 32.3 Å². The molecule has 18 heavy (non-hydrogen) atoms. The van der Waals surface area contributed by atoms with Crippen molar-refractivity contribution in [1.29, 1.82) is 0 Å². The Hall–Kier alpha value is -0.830. The SMILES string of the molecule is CC1=CCN(C(=O)CC2CC3CCC(C2)N3)CC1. The summed E-state index contributed by atoms with van der Waals surface area (Å²) in [5.74, 6) is 1.01. The molecule has 1 N–H and O–H groups in total. The summed E-state index contributed by atoms with van der Waals surface area (Å²) < 4.78 is 0. The molecule has 3 rings (SSSR count). The summed E-state index contributed by atoms with van der Waals surface area (Å²) in [6.45, 7) is 3.92. The Kier molecular flexibility index (Phi) is 3.42. The van der Waals surface area contributed by atoms with E-state index >= 15 is 0 Å². The molecule has 0 aliphatic carbocycles. The van der Waals surface area contributed by atoms with Crippen LogP contribution in [0.5, 0.6) is 0 Å². The van der Waals surface area contributed by atoms with Crippen LogP contribution in [0.2, 0.25) is 0 Å². The van der Waals surface area contributed by atoms with Gasteiger partial charge in [0.05, 0.1) is 0 Å². The summed E-state index contributed by atoms with van der Waals surface area (Å²) >= 11 is 0. The molecule has 0 spiro atoms. The Morgan fingerprint density at radius 3 is 2.72 bits per heavy atom. The Bertz CT molecular complexity index is 352. The van der Waals surface area contributed by atoms with Crippen LogP contribution in [-0.4, -0.2) is 36.0 Å². The summed E-state index contributed by atoms with van der Waals surface area (Å²) in [6, 6.07) is 1.40. The van der Waals surface area contributed by atoms with Crippen molar-refractivity contribution in [2.45, 2.75) is 57.5 Å². The molecule has 0 aromatic rings. The number of hydrogen-bond acceptors (Lipinski definition) is 2. The van der Waals surface area contributed by atoms with Crippen molar-refractivity contribution in [3.8, 4) is 0 Å². The number of piperidine rings is 1. The standard InChI is InChI=1S/C15H24N2O/c1-11-4-6-17(7-5-11)15(18)10-12-8-13-2-3-14(9-12)16-13/h4,12-14,16H,2-3,5-10H2,1H3. The van der Waals surface area contributed by atoms with E-state index < -0.39 is 0 Å². The summed E-state index contributed by atoms with van der Waals surface area (Å²) in [7, 11) is 0. The molecule has 3 aliphatic heterocycles. The summed E-state index contributed by atoms with van der Waals surface area (Å²) in [6.07, 6.45) is 9.11. The lowest BCUT2D eigenvalue weighted by Gasteiger charge is -2.31. The third-order valence-electron chi connectivity index (χ3n) is 4.82. The number of fused-ring (bicyclic) bond motifs is 2. The van der Waals surface area contributed by atoms with Gasteiger partial charge >= 0.3 is 0 Å². The van der Waals surface area contributed by atoms with Crippen molar-refractivity contribution in [2.24, 2.45) is 5.92 Å². The molecule has 2 atom stereocenters. The lowest BCUT2D eigenvalue weighted by atomic mass is 9.89. The third-order valence-corrected chi connectivity index (χ3v) is 4.82. The number of nitrogens with one attached hydrogen (secondary N) is 1. The zero-order chi connectivity index (χ0) is 12.5. The minimum atomic E-state index is 0.380. The van der Waals surface area contributed by atoms with Gasteiger partial charge in [-0.1, -0.05) is 11.6 Å². The highest BCUT2D eigenvalue weighted by Gasteiger charge is 2.34. The maximum absolute atomic E-state index is 12.3. The normalized spacial score (nSPS) is 35.5. The fraction of sp³-hybridized carbons (Fsp3) is 0.800. The highest BCUT2D eigenvalue weighted by Crippen LogP contribution is 2.33. The predicted molar refractivity (Wildman–Crippen MR) is 72.2 cm³/mol. The van der Waals surface area contributed by atoms with E-state index in [1.54, 1.807) is 0 Å². The van der Waals surface area contributed by atoms with Crippen LogP contribution >= 0.6 is 0 Å².